The Hall–Kier alpha value is -1.17. The molecule has 0 aliphatic heterocycles. The second kappa shape index (κ2) is 5.95. The summed E-state index contributed by atoms with van der Waals surface area (Å²) in [5.74, 6) is 0.886. The monoisotopic (exact) mass is 255 g/mol. The largest absolute Gasteiger partial charge is 0.481 e. The summed E-state index contributed by atoms with van der Waals surface area (Å²) in [6.07, 6.45) is 5.39. The van der Waals surface area contributed by atoms with Gasteiger partial charge in [0.1, 0.15) is 5.82 Å². The summed E-state index contributed by atoms with van der Waals surface area (Å²) in [7, 11) is 0. The standard InChI is InChI=1S/C11H17N3O2S/c15-9(16)4-2-1-3-7-12-11-13-10(14-17-11)8-5-6-8/h8H,1-7H2,(H,15,16)(H,12,13,14). The van der Waals surface area contributed by atoms with Crippen LogP contribution < -0.4 is 5.32 Å². The molecule has 1 saturated carbocycles. The maximum Gasteiger partial charge on any atom is 0.303 e. The van der Waals surface area contributed by atoms with E-state index >= 15 is 0 Å². The topological polar surface area (TPSA) is 75.1 Å². The van der Waals surface area contributed by atoms with E-state index in [0.29, 0.717) is 5.92 Å². The zero-order valence-corrected chi connectivity index (χ0v) is 10.5. The van der Waals surface area contributed by atoms with E-state index in [0.717, 1.165) is 36.8 Å². The van der Waals surface area contributed by atoms with Crippen LogP contribution in [-0.2, 0) is 4.79 Å². The van der Waals surface area contributed by atoms with Crippen LogP contribution in [0.2, 0.25) is 0 Å². The lowest BCUT2D eigenvalue weighted by Crippen LogP contribution is -2.02. The number of rotatable bonds is 8. The fraction of sp³-hybridized carbons (Fsp3) is 0.727. The van der Waals surface area contributed by atoms with Gasteiger partial charge in [-0.05, 0) is 25.7 Å². The van der Waals surface area contributed by atoms with Crippen LogP contribution in [-0.4, -0.2) is 27.0 Å². The highest BCUT2D eigenvalue weighted by Crippen LogP contribution is 2.39. The minimum Gasteiger partial charge on any atom is -0.481 e. The Morgan fingerprint density at radius 3 is 2.94 bits per heavy atom. The molecular formula is C11H17N3O2S. The quantitative estimate of drug-likeness (QED) is 0.698. The molecule has 1 aromatic rings. The van der Waals surface area contributed by atoms with E-state index in [1.165, 1.54) is 24.4 Å². The van der Waals surface area contributed by atoms with Crippen molar-refractivity contribution in [2.75, 3.05) is 11.9 Å². The number of nitrogens with one attached hydrogen (secondary N) is 1. The summed E-state index contributed by atoms with van der Waals surface area (Å²) < 4.78 is 4.31. The lowest BCUT2D eigenvalue weighted by molar-refractivity contribution is -0.137. The summed E-state index contributed by atoms with van der Waals surface area (Å²) in [6.45, 7) is 0.846. The van der Waals surface area contributed by atoms with Gasteiger partial charge >= 0.3 is 5.97 Å². The second-order valence-electron chi connectivity index (χ2n) is 4.36. The molecule has 0 saturated heterocycles. The molecule has 0 atom stereocenters. The van der Waals surface area contributed by atoms with Gasteiger partial charge in [0.2, 0.25) is 5.13 Å². The Labute approximate surface area is 104 Å². The molecule has 1 aliphatic rings. The molecule has 1 aliphatic carbocycles. The Balaban J connectivity index is 1.56. The number of hydrogen-bond donors (Lipinski definition) is 2. The first-order valence-electron chi connectivity index (χ1n) is 6.05. The summed E-state index contributed by atoms with van der Waals surface area (Å²) in [5, 5.41) is 12.6. The lowest BCUT2D eigenvalue weighted by atomic mass is 10.2. The molecule has 94 valence electrons. The van der Waals surface area contributed by atoms with Crippen LogP contribution in [0.5, 0.6) is 0 Å². The van der Waals surface area contributed by atoms with Crippen molar-refractivity contribution in [2.45, 2.75) is 44.4 Å². The lowest BCUT2D eigenvalue weighted by Gasteiger charge is -2.00. The number of aromatic nitrogens is 2. The van der Waals surface area contributed by atoms with E-state index in [1.54, 1.807) is 0 Å². The number of carboxylic acids is 1. The zero-order chi connectivity index (χ0) is 12.1. The first-order valence-corrected chi connectivity index (χ1v) is 6.82. The van der Waals surface area contributed by atoms with Crippen molar-refractivity contribution in [1.29, 1.82) is 0 Å². The van der Waals surface area contributed by atoms with Crippen molar-refractivity contribution >= 4 is 22.6 Å². The van der Waals surface area contributed by atoms with Gasteiger partial charge in [-0.2, -0.15) is 4.37 Å². The van der Waals surface area contributed by atoms with Crippen molar-refractivity contribution in [3.8, 4) is 0 Å². The number of anilines is 1. The van der Waals surface area contributed by atoms with E-state index in [4.69, 9.17) is 5.11 Å². The van der Waals surface area contributed by atoms with Crippen LogP contribution in [0, 0.1) is 0 Å². The van der Waals surface area contributed by atoms with Gasteiger partial charge in [-0.3, -0.25) is 4.79 Å². The van der Waals surface area contributed by atoms with Crippen LogP contribution in [0.3, 0.4) is 0 Å². The van der Waals surface area contributed by atoms with Gasteiger partial charge < -0.3 is 10.4 Å². The molecular weight excluding hydrogens is 238 g/mol. The molecule has 17 heavy (non-hydrogen) atoms. The van der Waals surface area contributed by atoms with Gasteiger partial charge in [0.25, 0.3) is 0 Å². The Morgan fingerprint density at radius 1 is 1.41 bits per heavy atom. The summed E-state index contributed by atoms with van der Waals surface area (Å²) in [5.41, 5.74) is 0. The Bertz CT molecular complexity index is 377. The molecule has 0 spiro atoms. The van der Waals surface area contributed by atoms with Crippen molar-refractivity contribution in [3.05, 3.63) is 5.82 Å². The number of carbonyl (C=O) groups is 1. The van der Waals surface area contributed by atoms with Crippen molar-refractivity contribution in [1.82, 2.24) is 9.36 Å². The van der Waals surface area contributed by atoms with Crippen molar-refractivity contribution in [2.24, 2.45) is 0 Å². The van der Waals surface area contributed by atoms with Gasteiger partial charge in [0.15, 0.2) is 0 Å². The Morgan fingerprint density at radius 2 is 2.24 bits per heavy atom. The molecule has 6 heteroatoms. The number of aliphatic carboxylic acids is 1. The molecule has 0 radical (unpaired) electrons. The van der Waals surface area contributed by atoms with Crippen LogP contribution in [0.25, 0.3) is 0 Å². The number of unbranched alkanes of at least 4 members (excludes halogenated alkanes) is 2. The third kappa shape index (κ3) is 4.30. The smallest absolute Gasteiger partial charge is 0.303 e. The van der Waals surface area contributed by atoms with Crippen LogP contribution >= 0.6 is 11.5 Å². The Kier molecular flexibility index (Phi) is 4.30. The molecule has 5 nitrogen and oxygen atoms in total. The fourth-order valence-corrected chi connectivity index (χ4v) is 2.26. The molecule has 2 N–H and O–H groups in total. The maximum atomic E-state index is 10.3. The predicted molar refractivity (Wildman–Crippen MR) is 66.5 cm³/mol. The molecule has 2 rings (SSSR count). The minimum absolute atomic E-state index is 0.268. The van der Waals surface area contributed by atoms with E-state index < -0.39 is 5.97 Å². The first kappa shape index (κ1) is 12.3. The third-order valence-corrected chi connectivity index (χ3v) is 3.41. The van der Waals surface area contributed by atoms with E-state index in [-0.39, 0.29) is 6.42 Å². The summed E-state index contributed by atoms with van der Waals surface area (Å²) in [4.78, 5) is 14.7. The normalized spacial score (nSPS) is 14.8. The zero-order valence-electron chi connectivity index (χ0n) is 9.69. The maximum absolute atomic E-state index is 10.3. The predicted octanol–water partition coefficient (Wildman–Crippen LogP) is 2.47. The molecule has 1 aromatic heterocycles. The van der Waals surface area contributed by atoms with Gasteiger partial charge in [-0.15, -0.1) is 0 Å². The molecule has 0 amide bonds. The average molecular weight is 255 g/mol. The van der Waals surface area contributed by atoms with Gasteiger partial charge in [0, 0.05) is 30.4 Å². The third-order valence-electron chi connectivity index (χ3n) is 2.73. The molecule has 0 bridgehead atoms. The van der Waals surface area contributed by atoms with Crippen LogP contribution in [0.1, 0.15) is 50.3 Å². The van der Waals surface area contributed by atoms with Crippen molar-refractivity contribution < 1.29 is 9.90 Å². The van der Waals surface area contributed by atoms with Gasteiger partial charge in [-0.1, -0.05) is 6.42 Å². The van der Waals surface area contributed by atoms with Gasteiger partial charge in [0.05, 0.1) is 0 Å². The van der Waals surface area contributed by atoms with E-state index in [1.807, 2.05) is 0 Å². The minimum atomic E-state index is -0.712. The van der Waals surface area contributed by atoms with Crippen LogP contribution in [0.15, 0.2) is 0 Å². The average Bonchev–Trinajstić information content (AvgIpc) is 3.04. The summed E-state index contributed by atoms with van der Waals surface area (Å²) >= 11 is 1.42. The van der Waals surface area contributed by atoms with Crippen molar-refractivity contribution in [3.63, 3.8) is 0 Å². The van der Waals surface area contributed by atoms with E-state index in [9.17, 15) is 4.79 Å². The number of carboxylic acid groups (broad SMARTS) is 1. The molecule has 0 aromatic carbocycles. The highest BCUT2D eigenvalue weighted by atomic mass is 32.1. The highest BCUT2D eigenvalue weighted by Gasteiger charge is 2.27. The fourth-order valence-electron chi connectivity index (χ4n) is 1.59. The molecule has 1 fully saturated rings. The molecule has 0 unspecified atom stereocenters. The van der Waals surface area contributed by atoms with E-state index in [2.05, 4.69) is 14.7 Å². The first-order chi connectivity index (χ1) is 8.25. The highest BCUT2D eigenvalue weighted by molar-refractivity contribution is 7.09. The number of nitrogens with zero attached hydrogens (tertiary/aromatic N) is 2. The SMILES string of the molecule is O=C(O)CCCCCNc1nc(C2CC2)ns1. The second-order valence-corrected chi connectivity index (χ2v) is 5.12. The summed E-state index contributed by atoms with van der Waals surface area (Å²) in [6, 6.07) is 0. The van der Waals surface area contributed by atoms with Gasteiger partial charge in [-0.25, -0.2) is 4.98 Å². The molecule has 1 heterocycles. The van der Waals surface area contributed by atoms with Crippen LogP contribution in [0.4, 0.5) is 5.13 Å². The number of hydrogen-bond acceptors (Lipinski definition) is 5.